The molecule has 0 radical (unpaired) electrons. The molecule has 15 heavy (non-hydrogen) atoms. The molecule has 1 unspecified atom stereocenters. The van der Waals surface area contributed by atoms with E-state index in [2.05, 4.69) is 5.38 Å². The molecule has 0 amide bonds. The normalized spacial score (nSPS) is 20.5. The molecule has 1 aromatic heterocycles. The Kier molecular flexibility index (Phi) is 3.67. The summed E-state index contributed by atoms with van der Waals surface area (Å²) in [4.78, 5) is 1.14. The molecule has 4 heteroatoms. The molecule has 0 aliphatic carbocycles. The number of halogens is 1. The summed E-state index contributed by atoms with van der Waals surface area (Å²) in [5.74, 6) is 0.522. The Morgan fingerprint density at radius 1 is 1.53 bits per heavy atom. The van der Waals surface area contributed by atoms with E-state index in [0.717, 1.165) is 41.5 Å². The lowest BCUT2D eigenvalue weighted by Crippen LogP contribution is -2.27. The maximum Gasteiger partial charge on any atom is 0.0590 e. The number of rotatable bonds is 2. The third-order valence-corrected chi connectivity index (χ3v) is 4.82. The zero-order valence-electron chi connectivity index (χ0n) is 8.83. The van der Waals surface area contributed by atoms with Gasteiger partial charge in [-0.3, -0.25) is 0 Å². The molecule has 2 N–H and O–H groups in total. The lowest BCUT2D eigenvalue weighted by atomic mass is 9.91. The van der Waals surface area contributed by atoms with Crippen molar-refractivity contribution in [2.24, 2.45) is 11.7 Å². The van der Waals surface area contributed by atoms with Crippen molar-refractivity contribution in [2.75, 3.05) is 13.2 Å². The second kappa shape index (κ2) is 4.83. The molecule has 1 saturated heterocycles. The molecule has 0 aromatic carbocycles. The number of hydrogen-bond acceptors (Lipinski definition) is 3. The van der Waals surface area contributed by atoms with E-state index >= 15 is 0 Å². The fraction of sp³-hybridized carbons (Fsp3) is 0.636. The number of ether oxygens (including phenoxy) is 1. The van der Waals surface area contributed by atoms with E-state index in [-0.39, 0.29) is 6.04 Å². The minimum absolute atomic E-state index is 0.0834. The SMILES string of the molecule is Cc1csc(C(N)C2CCOCC2)c1Cl. The Bertz CT molecular complexity index is 333. The number of aryl methyl sites for hydroxylation is 1. The monoisotopic (exact) mass is 245 g/mol. The van der Waals surface area contributed by atoms with Gasteiger partial charge in [0.2, 0.25) is 0 Å². The van der Waals surface area contributed by atoms with Crippen LogP contribution >= 0.6 is 22.9 Å². The first-order chi connectivity index (χ1) is 7.20. The Morgan fingerprint density at radius 3 is 2.73 bits per heavy atom. The molecule has 1 aliphatic heterocycles. The molecule has 1 atom stereocenters. The van der Waals surface area contributed by atoms with Gasteiger partial charge in [0.15, 0.2) is 0 Å². The van der Waals surface area contributed by atoms with Crippen LogP contribution in [0.3, 0.4) is 0 Å². The highest BCUT2D eigenvalue weighted by Gasteiger charge is 2.25. The predicted octanol–water partition coefficient (Wildman–Crippen LogP) is 3.14. The summed E-state index contributed by atoms with van der Waals surface area (Å²) in [6.45, 7) is 3.69. The molecule has 0 saturated carbocycles. The molecule has 1 aliphatic rings. The van der Waals surface area contributed by atoms with Gasteiger partial charge in [-0.1, -0.05) is 11.6 Å². The van der Waals surface area contributed by atoms with Gasteiger partial charge in [0.25, 0.3) is 0 Å². The van der Waals surface area contributed by atoms with E-state index in [1.54, 1.807) is 11.3 Å². The summed E-state index contributed by atoms with van der Waals surface area (Å²) in [6, 6.07) is 0.0834. The van der Waals surface area contributed by atoms with Gasteiger partial charge in [0.05, 0.1) is 5.02 Å². The molecule has 2 rings (SSSR count). The molecule has 84 valence electrons. The molecular weight excluding hydrogens is 230 g/mol. The van der Waals surface area contributed by atoms with Crippen LogP contribution in [0, 0.1) is 12.8 Å². The quantitative estimate of drug-likeness (QED) is 0.869. The minimum Gasteiger partial charge on any atom is -0.381 e. The predicted molar refractivity (Wildman–Crippen MR) is 64.5 cm³/mol. The van der Waals surface area contributed by atoms with Crippen LogP contribution in [-0.2, 0) is 4.74 Å². The fourth-order valence-corrected chi connectivity index (χ4v) is 3.38. The van der Waals surface area contributed by atoms with Gasteiger partial charge < -0.3 is 10.5 Å². The summed E-state index contributed by atoms with van der Waals surface area (Å²) in [6.07, 6.45) is 2.10. The van der Waals surface area contributed by atoms with Crippen LogP contribution in [-0.4, -0.2) is 13.2 Å². The molecule has 0 spiro atoms. The maximum absolute atomic E-state index is 6.25. The van der Waals surface area contributed by atoms with Crippen molar-refractivity contribution in [1.29, 1.82) is 0 Å². The van der Waals surface area contributed by atoms with Crippen LogP contribution in [0.2, 0.25) is 5.02 Å². The highest BCUT2D eigenvalue weighted by atomic mass is 35.5. The van der Waals surface area contributed by atoms with Crippen LogP contribution in [0.5, 0.6) is 0 Å². The lowest BCUT2D eigenvalue weighted by Gasteiger charge is -2.27. The van der Waals surface area contributed by atoms with Crippen LogP contribution in [0.4, 0.5) is 0 Å². The minimum atomic E-state index is 0.0834. The average Bonchev–Trinajstić information content (AvgIpc) is 2.60. The van der Waals surface area contributed by atoms with E-state index in [1.165, 1.54) is 0 Å². The number of nitrogens with two attached hydrogens (primary N) is 1. The van der Waals surface area contributed by atoms with Crippen molar-refractivity contribution >= 4 is 22.9 Å². The summed E-state index contributed by atoms with van der Waals surface area (Å²) in [5.41, 5.74) is 7.39. The van der Waals surface area contributed by atoms with Crippen LogP contribution in [0.25, 0.3) is 0 Å². The van der Waals surface area contributed by atoms with Gasteiger partial charge in [0, 0.05) is 24.1 Å². The summed E-state index contributed by atoms with van der Waals surface area (Å²) >= 11 is 7.90. The van der Waals surface area contributed by atoms with Crippen LogP contribution in [0.15, 0.2) is 5.38 Å². The van der Waals surface area contributed by atoms with Gasteiger partial charge in [-0.25, -0.2) is 0 Å². The topological polar surface area (TPSA) is 35.2 Å². The summed E-state index contributed by atoms with van der Waals surface area (Å²) < 4.78 is 5.34. The number of thiophene rings is 1. The van der Waals surface area contributed by atoms with Crippen LogP contribution < -0.4 is 5.73 Å². The van der Waals surface area contributed by atoms with Gasteiger partial charge in [0.1, 0.15) is 0 Å². The van der Waals surface area contributed by atoms with Gasteiger partial charge >= 0.3 is 0 Å². The Balaban J connectivity index is 2.12. The second-order valence-electron chi connectivity index (χ2n) is 4.07. The Labute approximate surface area is 99.4 Å². The largest absolute Gasteiger partial charge is 0.381 e. The van der Waals surface area contributed by atoms with Gasteiger partial charge in [-0.15, -0.1) is 11.3 Å². The van der Waals surface area contributed by atoms with E-state index in [0.29, 0.717) is 5.92 Å². The van der Waals surface area contributed by atoms with Crippen molar-refractivity contribution in [3.05, 3.63) is 20.8 Å². The molecular formula is C11H16ClNOS. The first-order valence-corrected chi connectivity index (χ1v) is 6.52. The highest BCUT2D eigenvalue weighted by molar-refractivity contribution is 7.10. The van der Waals surface area contributed by atoms with Gasteiger partial charge in [-0.2, -0.15) is 0 Å². The van der Waals surface area contributed by atoms with E-state index < -0.39 is 0 Å². The fourth-order valence-electron chi connectivity index (χ4n) is 1.96. The third-order valence-electron chi connectivity index (χ3n) is 3.00. The Hall–Kier alpha value is -0.0900. The zero-order chi connectivity index (χ0) is 10.8. The van der Waals surface area contributed by atoms with E-state index in [1.807, 2.05) is 6.92 Å². The highest BCUT2D eigenvalue weighted by Crippen LogP contribution is 2.37. The standard InChI is InChI=1S/C11H16ClNOS/c1-7-6-15-11(9(7)12)10(13)8-2-4-14-5-3-8/h6,8,10H,2-5,13H2,1H3. The maximum atomic E-state index is 6.25. The van der Waals surface area contributed by atoms with E-state index in [4.69, 9.17) is 22.1 Å². The molecule has 1 fully saturated rings. The first kappa shape index (κ1) is 11.4. The Morgan fingerprint density at radius 2 is 2.20 bits per heavy atom. The number of hydrogen-bond donors (Lipinski definition) is 1. The average molecular weight is 246 g/mol. The van der Waals surface area contributed by atoms with Crippen molar-refractivity contribution in [3.63, 3.8) is 0 Å². The van der Waals surface area contributed by atoms with Crippen LogP contribution in [0.1, 0.15) is 29.3 Å². The molecule has 2 heterocycles. The van der Waals surface area contributed by atoms with Gasteiger partial charge in [-0.05, 0) is 36.6 Å². The smallest absolute Gasteiger partial charge is 0.0590 e. The van der Waals surface area contributed by atoms with E-state index in [9.17, 15) is 0 Å². The molecule has 2 nitrogen and oxygen atoms in total. The first-order valence-electron chi connectivity index (χ1n) is 5.27. The lowest BCUT2D eigenvalue weighted by molar-refractivity contribution is 0.0587. The summed E-state index contributed by atoms with van der Waals surface area (Å²) in [5, 5.41) is 2.94. The molecule has 0 bridgehead atoms. The zero-order valence-corrected chi connectivity index (χ0v) is 10.4. The third kappa shape index (κ3) is 2.36. The van der Waals surface area contributed by atoms with Crippen molar-refractivity contribution < 1.29 is 4.74 Å². The van der Waals surface area contributed by atoms with Crippen molar-refractivity contribution in [2.45, 2.75) is 25.8 Å². The van der Waals surface area contributed by atoms with Crippen molar-refractivity contribution in [3.8, 4) is 0 Å². The second-order valence-corrected chi connectivity index (χ2v) is 5.36. The van der Waals surface area contributed by atoms with Crippen molar-refractivity contribution in [1.82, 2.24) is 0 Å². The summed E-state index contributed by atoms with van der Waals surface area (Å²) in [7, 11) is 0. The molecule has 1 aromatic rings.